The Morgan fingerprint density at radius 2 is 2.20 bits per heavy atom. The third kappa shape index (κ3) is 3.38. The van der Waals surface area contributed by atoms with E-state index in [1.165, 1.54) is 7.11 Å². The lowest BCUT2D eigenvalue weighted by molar-refractivity contribution is 0.0670. The van der Waals surface area contributed by atoms with Crippen molar-refractivity contribution in [2.75, 3.05) is 13.0 Å². The number of methoxy groups -OCH3 is 1. The maximum atomic E-state index is 11.7. The van der Waals surface area contributed by atoms with Crippen LogP contribution in [0.1, 0.15) is 10.4 Å². The molecule has 15 heavy (non-hydrogen) atoms. The number of alkyl halides is 1. The molecular weight excluding hydrogens is 237 g/mol. The molecule has 1 N–H and O–H groups in total. The van der Waals surface area contributed by atoms with E-state index in [0.717, 1.165) is 0 Å². The molecule has 1 unspecified atom stereocenters. The second-order valence-corrected chi connectivity index (χ2v) is 3.55. The highest BCUT2D eigenvalue weighted by Crippen LogP contribution is 2.14. The summed E-state index contributed by atoms with van der Waals surface area (Å²) in [7, 11) is 1.47. The Kier molecular flexibility index (Phi) is 4.88. The molecule has 1 aromatic carbocycles. The zero-order valence-electron chi connectivity index (χ0n) is 8.17. The third-order valence-electron chi connectivity index (χ3n) is 1.84. The molecule has 0 aromatic heterocycles. The van der Waals surface area contributed by atoms with Gasteiger partial charge in [0.25, 0.3) is 5.91 Å². The molecule has 0 saturated heterocycles. The van der Waals surface area contributed by atoms with Gasteiger partial charge in [-0.3, -0.25) is 4.79 Å². The van der Waals surface area contributed by atoms with Gasteiger partial charge < -0.3 is 10.1 Å². The van der Waals surface area contributed by atoms with E-state index in [4.69, 9.17) is 27.9 Å². The molecule has 0 spiro atoms. The topological polar surface area (TPSA) is 38.3 Å². The predicted octanol–water partition coefficient (Wildman–Crippen LogP) is 2.28. The van der Waals surface area contributed by atoms with Crippen LogP contribution in [0.5, 0.6) is 0 Å². The highest BCUT2D eigenvalue weighted by atomic mass is 35.5. The molecule has 3 nitrogen and oxygen atoms in total. The van der Waals surface area contributed by atoms with Crippen LogP contribution in [-0.4, -0.2) is 25.1 Å². The van der Waals surface area contributed by atoms with Crippen molar-refractivity contribution in [3.63, 3.8) is 0 Å². The van der Waals surface area contributed by atoms with Gasteiger partial charge in [0.1, 0.15) is 6.23 Å². The van der Waals surface area contributed by atoms with Crippen molar-refractivity contribution < 1.29 is 9.53 Å². The Morgan fingerprint density at radius 3 is 2.73 bits per heavy atom. The third-order valence-corrected chi connectivity index (χ3v) is 2.45. The van der Waals surface area contributed by atoms with Crippen LogP contribution in [0, 0.1) is 0 Å². The summed E-state index contributed by atoms with van der Waals surface area (Å²) in [4.78, 5) is 11.7. The summed E-state index contributed by atoms with van der Waals surface area (Å²) in [5.74, 6) is -0.111. The molecule has 0 aliphatic rings. The zero-order chi connectivity index (χ0) is 11.3. The zero-order valence-corrected chi connectivity index (χ0v) is 9.68. The minimum Gasteiger partial charge on any atom is -0.360 e. The summed E-state index contributed by atoms with van der Waals surface area (Å²) in [5, 5.41) is 3.00. The van der Waals surface area contributed by atoms with Gasteiger partial charge in [0, 0.05) is 7.11 Å². The molecule has 0 heterocycles. The minimum absolute atomic E-state index is 0.187. The van der Waals surface area contributed by atoms with Crippen LogP contribution in [0.15, 0.2) is 24.3 Å². The fourth-order valence-electron chi connectivity index (χ4n) is 1.03. The second kappa shape index (κ2) is 5.95. The highest BCUT2D eigenvalue weighted by molar-refractivity contribution is 6.33. The molecule has 0 fully saturated rings. The largest absolute Gasteiger partial charge is 0.360 e. The van der Waals surface area contributed by atoms with Crippen LogP contribution in [-0.2, 0) is 4.74 Å². The highest BCUT2D eigenvalue weighted by Gasteiger charge is 2.13. The van der Waals surface area contributed by atoms with Crippen LogP contribution >= 0.6 is 23.2 Å². The first-order valence-electron chi connectivity index (χ1n) is 4.33. The van der Waals surface area contributed by atoms with Crippen LogP contribution in [0.25, 0.3) is 0 Å². The number of ether oxygens (including phenoxy) is 1. The molecule has 82 valence electrons. The smallest absolute Gasteiger partial charge is 0.254 e. The maximum Gasteiger partial charge on any atom is 0.254 e. The van der Waals surface area contributed by atoms with Gasteiger partial charge in [-0.1, -0.05) is 23.7 Å². The Balaban J connectivity index is 2.73. The van der Waals surface area contributed by atoms with E-state index in [1.807, 2.05) is 0 Å². The maximum absolute atomic E-state index is 11.7. The van der Waals surface area contributed by atoms with Crippen LogP contribution in [0.4, 0.5) is 0 Å². The summed E-state index contributed by atoms with van der Waals surface area (Å²) in [6.07, 6.45) is -0.504. The van der Waals surface area contributed by atoms with E-state index in [2.05, 4.69) is 5.32 Å². The van der Waals surface area contributed by atoms with E-state index in [-0.39, 0.29) is 11.8 Å². The first kappa shape index (κ1) is 12.3. The summed E-state index contributed by atoms with van der Waals surface area (Å²) in [6, 6.07) is 6.79. The van der Waals surface area contributed by atoms with Crippen molar-refractivity contribution in [2.24, 2.45) is 0 Å². The molecule has 0 aliphatic carbocycles. The molecule has 1 rings (SSSR count). The van der Waals surface area contributed by atoms with Gasteiger partial charge in [-0.25, -0.2) is 0 Å². The van der Waals surface area contributed by atoms with Crippen LogP contribution < -0.4 is 5.32 Å². The summed E-state index contributed by atoms with van der Waals surface area (Å²) < 4.78 is 4.92. The van der Waals surface area contributed by atoms with Crippen LogP contribution in [0.3, 0.4) is 0 Å². The monoisotopic (exact) mass is 247 g/mol. The number of carbonyl (C=O) groups is 1. The van der Waals surface area contributed by atoms with E-state index in [1.54, 1.807) is 24.3 Å². The molecule has 1 atom stereocenters. The minimum atomic E-state index is -0.504. The number of hydrogen-bond donors (Lipinski definition) is 1. The van der Waals surface area contributed by atoms with Crippen molar-refractivity contribution in [1.82, 2.24) is 5.32 Å². The lowest BCUT2D eigenvalue weighted by atomic mass is 10.2. The molecule has 5 heteroatoms. The predicted molar refractivity (Wildman–Crippen MR) is 60.4 cm³/mol. The van der Waals surface area contributed by atoms with E-state index in [9.17, 15) is 4.79 Å². The lowest BCUT2D eigenvalue weighted by Gasteiger charge is -2.14. The summed E-state index contributed by atoms with van der Waals surface area (Å²) in [6.45, 7) is 0. The standard InChI is InChI=1S/C10H11Cl2NO2/c1-15-9(6-11)13-10(14)7-4-2-3-5-8(7)12/h2-5,9H,6H2,1H3,(H,13,14). The normalized spacial score (nSPS) is 12.2. The Labute approximate surface area is 98.3 Å². The SMILES string of the molecule is COC(CCl)NC(=O)c1ccccc1Cl. The molecule has 1 aromatic rings. The van der Waals surface area contributed by atoms with E-state index < -0.39 is 6.23 Å². The van der Waals surface area contributed by atoms with Gasteiger partial charge in [-0.2, -0.15) is 0 Å². The Bertz CT molecular complexity index is 340. The van der Waals surface area contributed by atoms with Gasteiger partial charge in [0.15, 0.2) is 0 Å². The Hall–Kier alpha value is -0.770. The van der Waals surface area contributed by atoms with Crippen LogP contribution in [0.2, 0.25) is 5.02 Å². The number of hydrogen-bond acceptors (Lipinski definition) is 2. The number of rotatable bonds is 4. The summed E-state index contributed by atoms with van der Waals surface area (Å²) >= 11 is 11.4. The quantitative estimate of drug-likeness (QED) is 0.655. The molecular formula is C10H11Cl2NO2. The van der Waals surface area contributed by atoms with Gasteiger partial charge >= 0.3 is 0 Å². The fraction of sp³-hybridized carbons (Fsp3) is 0.300. The lowest BCUT2D eigenvalue weighted by Crippen LogP contribution is -2.37. The first-order valence-corrected chi connectivity index (χ1v) is 5.24. The average Bonchev–Trinajstić information content (AvgIpc) is 2.26. The second-order valence-electron chi connectivity index (χ2n) is 2.83. The van der Waals surface area contributed by atoms with Gasteiger partial charge in [-0.05, 0) is 12.1 Å². The molecule has 0 saturated carbocycles. The van der Waals surface area contributed by atoms with Crippen molar-refractivity contribution >= 4 is 29.1 Å². The van der Waals surface area contributed by atoms with Gasteiger partial charge in [0.05, 0.1) is 16.5 Å². The average molecular weight is 248 g/mol. The number of halogens is 2. The van der Waals surface area contributed by atoms with Gasteiger partial charge in [0.2, 0.25) is 0 Å². The number of carbonyl (C=O) groups excluding carboxylic acids is 1. The Morgan fingerprint density at radius 1 is 1.53 bits per heavy atom. The van der Waals surface area contributed by atoms with E-state index >= 15 is 0 Å². The molecule has 1 amide bonds. The first-order chi connectivity index (χ1) is 7.19. The van der Waals surface area contributed by atoms with Crippen molar-refractivity contribution in [3.05, 3.63) is 34.9 Å². The van der Waals surface area contributed by atoms with Crippen molar-refractivity contribution in [3.8, 4) is 0 Å². The summed E-state index contributed by atoms with van der Waals surface area (Å²) in [5.41, 5.74) is 0.409. The fourth-order valence-corrected chi connectivity index (χ4v) is 1.45. The number of amides is 1. The molecule has 0 bridgehead atoms. The number of nitrogens with one attached hydrogen (secondary N) is 1. The molecule has 0 aliphatic heterocycles. The van der Waals surface area contributed by atoms with Crippen molar-refractivity contribution in [1.29, 1.82) is 0 Å². The number of benzene rings is 1. The van der Waals surface area contributed by atoms with E-state index in [0.29, 0.717) is 10.6 Å². The molecule has 0 radical (unpaired) electrons. The van der Waals surface area contributed by atoms with Crippen molar-refractivity contribution in [2.45, 2.75) is 6.23 Å². The van der Waals surface area contributed by atoms with Gasteiger partial charge in [-0.15, -0.1) is 11.6 Å².